The second kappa shape index (κ2) is 12.2. The lowest BCUT2D eigenvalue weighted by Gasteiger charge is -2.29. The molecule has 0 saturated carbocycles. The number of aromatic nitrogens is 2. The van der Waals surface area contributed by atoms with Crippen LogP contribution in [-0.4, -0.2) is 48.3 Å². The average Bonchev–Trinajstić information content (AvgIpc) is 2.88. The molecule has 7 nitrogen and oxygen atoms in total. The second-order valence-corrected chi connectivity index (χ2v) is 10.1. The summed E-state index contributed by atoms with van der Waals surface area (Å²) in [5.74, 6) is 1.24. The fourth-order valence-corrected chi connectivity index (χ4v) is 5.07. The third-order valence-electron chi connectivity index (χ3n) is 6.47. The molecule has 3 N–H and O–H groups in total. The molecule has 2 heterocycles. The molecule has 37 heavy (non-hydrogen) atoms. The van der Waals surface area contributed by atoms with Crippen molar-refractivity contribution >= 4 is 24.1 Å². The largest absolute Gasteiger partial charge is 0.439 e. The Bertz CT molecular complexity index is 1280. The first-order valence-corrected chi connectivity index (χ1v) is 13.1. The molecule has 0 unspecified atom stereocenters. The molecule has 1 aliphatic heterocycles. The maximum absolute atomic E-state index is 14.8. The number of anilines is 1. The average molecular weight is 521 g/mol. The topological polar surface area (TPSA) is 88.7 Å². The van der Waals surface area contributed by atoms with Gasteiger partial charge in [-0.15, -0.1) is 0 Å². The minimum Gasteiger partial charge on any atom is -0.439 e. The van der Waals surface area contributed by atoms with E-state index in [1.165, 1.54) is 24.2 Å². The lowest BCUT2D eigenvalue weighted by Crippen LogP contribution is -2.29. The Morgan fingerprint density at radius 2 is 1.89 bits per heavy atom. The summed E-state index contributed by atoms with van der Waals surface area (Å²) < 4.78 is 24.1. The van der Waals surface area contributed by atoms with Gasteiger partial charge in [0.2, 0.25) is 11.8 Å². The number of rotatable bonds is 8. The highest BCUT2D eigenvalue weighted by molar-refractivity contribution is 8.05. The molecule has 3 aromatic rings. The van der Waals surface area contributed by atoms with Crippen molar-refractivity contribution in [3.05, 3.63) is 76.1 Å². The molecule has 1 fully saturated rings. The van der Waals surface area contributed by atoms with Gasteiger partial charge in [0.1, 0.15) is 11.6 Å². The number of piperidine rings is 1. The number of aryl methyl sites for hydroxylation is 2. The van der Waals surface area contributed by atoms with Gasteiger partial charge in [-0.1, -0.05) is 18.2 Å². The summed E-state index contributed by atoms with van der Waals surface area (Å²) in [5.41, 5.74) is 10.3. The number of hydrogen-bond acceptors (Lipinski definition) is 8. The van der Waals surface area contributed by atoms with E-state index in [4.69, 9.17) is 15.5 Å². The van der Waals surface area contributed by atoms with Crippen LogP contribution in [0.1, 0.15) is 35.4 Å². The SMILES string of the molecule is CN=CC(=CN)SNc1nc(Oc2ccc(F)c(C3CCN(C)CC3)c2)cc(-c2c(C)cccc2C)n1. The van der Waals surface area contributed by atoms with Crippen LogP contribution >= 0.6 is 11.9 Å². The maximum atomic E-state index is 14.8. The van der Waals surface area contributed by atoms with E-state index in [1.807, 2.05) is 38.1 Å². The van der Waals surface area contributed by atoms with Crippen LogP contribution in [0.3, 0.4) is 0 Å². The molecule has 0 aliphatic carbocycles. The third kappa shape index (κ3) is 6.67. The van der Waals surface area contributed by atoms with Gasteiger partial charge < -0.3 is 15.4 Å². The monoisotopic (exact) mass is 520 g/mol. The number of nitrogens with zero attached hydrogens (tertiary/aromatic N) is 4. The van der Waals surface area contributed by atoms with Crippen molar-refractivity contribution in [2.45, 2.75) is 32.6 Å². The summed E-state index contributed by atoms with van der Waals surface area (Å²) in [6.07, 6.45) is 4.95. The van der Waals surface area contributed by atoms with Crippen molar-refractivity contribution in [1.82, 2.24) is 14.9 Å². The number of likely N-dealkylation sites (tertiary alicyclic amines) is 1. The third-order valence-corrected chi connectivity index (χ3v) is 7.23. The van der Waals surface area contributed by atoms with Gasteiger partial charge in [-0.05, 0) is 99.6 Å². The smallest absolute Gasteiger partial charge is 0.237 e. The molecule has 1 saturated heterocycles. The highest BCUT2D eigenvalue weighted by Gasteiger charge is 2.22. The highest BCUT2D eigenvalue weighted by atomic mass is 32.2. The number of ether oxygens (including phenoxy) is 1. The van der Waals surface area contributed by atoms with E-state index >= 15 is 0 Å². The highest BCUT2D eigenvalue weighted by Crippen LogP contribution is 2.35. The van der Waals surface area contributed by atoms with Crippen LogP contribution in [0.5, 0.6) is 11.6 Å². The molecule has 1 aliphatic rings. The zero-order valence-electron chi connectivity index (χ0n) is 21.7. The normalized spacial score (nSPS) is 15.3. The number of halogens is 1. The van der Waals surface area contributed by atoms with Crippen molar-refractivity contribution in [2.75, 3.05) is 31.9 Å². The van der Waals surface area contributed by atoms with Crippen molar-refractivity contribution in [3.63, 3.8) is 0 Å². The molecule has 0 bridgehead atoms. The molecule has 0 radical (unpaired) electrons. The van der Waals surface area contributed by atoms with Crippen molar-refractivity contribution in [1.29, 1.82) is 0 Å². The lowest BCUT2D eigenvalue weighted by atomic mass is 9.89. The first-order chi connectivity index (χ1) is 17.9. The van der Waals surface area contributed by atoms with Gasteiger partial charge in [0, 0.05) is 31.1 Å². The zero-order valence-corrected chi connectivity index (χ0v) is 22.5. The number of benzene rings is 2. The first-order valence-electron chi connectivity index (χ1n) is 12.3. The summed E-state index contributed by atoms with van der Waals surface area (Å²) in [5, 5.41) is 0. The van der Waals surface area contributed by atoms with Crippen LogP contribution in [0.25, 0.3) is 11.3 Å². The van der Waals surface area contributed by atoms with Gasteiger partial charge in [0.25, 0.3) is 0 Å². The molecule has 9 heteroatoms. The Balaban J connectivity index is 1.67. The van der Waals surface area contributed by atoms with Crippen molar-refractivity contribution in [2.24, 2.45) is 10.7 Å². The molecule has 1 aromatic heterocycles. The minimum atomic E-state index is -0.196. The predicted octanol–water partition coefficient (Wildman–Crippen LogP) is 6.06. The number of aliphatic imine (C=N–C) groups is 1. The van der Waals surface area contributed by atoms with Crippen LogP contribution in [0.15, 0.2) is 58.6 Å². The predicted molar refractivity (Wildman–Crippen MR) is 151 cm³/mol. The van der Waals surface area contributed by atoms with E-state index in [1.54, 1.807) is 25.4 Å². The Morgan fingerprint density at radius 1 is 1.16 bits per heavy atom. The molecular formula is C28H33FN6OS. The van der Waals surface area contributed by atoms with E-state index in [9.17, 15) is 4.39 Å². The van der Waals surface area contributed by atoms with Crippen molar-refractivity contribution < 1.29 is 9.13 Å². The molecule has 194 valence electrons. The van der Waals surface area contributed by atoms with Crippen LogP contribution < -0.4 is 15.2 Å². The lowest BCUT2D eigenvalue weighted by molar-refractivity contribution is 0.253. The Hall–Kier alpha value is -3.43. The maximum Gasteiger partial charge on any atom is 0.237 e. The van der Waals surface area contributed by atoms with Gasteiger partial charge >= 0.3 is 0 Å². The summed E-state index contributed by atoms with van der Waals surface area (Å²) >= 11 is 1.25. The summed E-state index contributed by atoms with van der Waals surface area (Å²) in [4.78, 5) is 16.3. The van der Waals surface area contributed by atoms with Crippen LogP contribution in [0.2, 0.25) is 0 Å². The number of nitrogens with two attached hydrogens (primary N) is 1. The van der Waals surface area contributed by atoms with Crippen LogP contribution in [-0.2, 0) is 0 Å². The van der Waals surface area contributed by atoms with Gasteiger partial charge in [-0.3, -0.25) is 9.71 Å². The second-order valence-electron chi connectivity index (χ2n) is 9.21. The molecule has 4 rings (SSSR count). The first kappa shape index (κ1) is 26.6. The van der Waals surface area contributed by atoms with Gasteiger partial charge in [0.05, 0.1) is 10.6 Å². The summed E-state index contributed by atoms with van der Waals surface area (Å²) in [6.45, 7) is 6.01. The molecule has 0 spiro atoms. The van der Waals surface area contributed by atoms with E-state index in [-0.39, 0.29) is 11.7 Å². The molecule has 2 aromatic carbocycles. The van der Waals surface area contributed by atoms with E-state index in [0.29, 0.717) is 28.0 Å². The fourth-order valence-electron chi connectivity index (χ4n) is 4.54. The Kier molecular flexibility index (Phi) is 8.78. The quantitative estimate of drug-likeness (QED) is 0.276. The van der Waals surface area contributed by atoms with Gasteiger partial charge in [-0.2, -0.15) is 4.98 Å². The van der Waals surface area contributed by atoms with Crippen LogP contribution in [0, 0.1) is 19.7 Å². The Morgan fingerprint density at radius 3 is 2.57 bits per heavy atom. The van der Waals surface area contributed by atoms with E-state index in [0.717, 1.165) is 48.3 Å². The Labute approximate surface area is 222 Å². The minimum absolute atomic E-state index is 0.172. The number of nitrogens with one attached hydrogen (secondary N) is 1. The van der Waals surface area contributed by atoms with Crippen LogP contribution in [0.4, 0.5) is 10.3 Å². The molecule has 0 atom stereocenters. The fraction of sp³-hybridized carbons (Fsp3) is 0.321. The van der Waals surface area contributed by atoms with E-state index in [2.05, 4.69) is 26.6 Å². The number of allylic oxidation sites excluding steroid dienone is 1. The van der Waals surface area contributed by atoms with Crippen molar-refractivity contribution in [3.8, 4) is 22.9 Å². The van der Waals surface area contributed by atoms with Gasteiger partial charge in [0.15, 0.2) is 0 Å². The van der Waals surface area contributed by atoms with Gasteiger partial charge in [-0.25, -0.2) is 9.37 Å². The molecular weight excluding hydrogens is 487 g/mol. The molecule has 0 amide bonds. The van der Waals surface area contributed by atoms with E-state index < -0.39 is 0 Å². The summed E-state index contributed by atoms with van der Waals surface area (Å²) in [6, 6.07) is 12.9. The summed E-state index contributed by atoms with van der Waals surface area (Å²) in [7, 11) is 3.77. The zero-order chi connectivity index (χ0) is 26.4. The standard InChI is InChI=1S/C28H33FN6OS/c1-18-6-5-7-19(2)27(18)25-15-26(33-28(32-25)34-37-22(16-30)17-31-3)36-21-8-9-24(29)23(14-21)20-10-12-35(4)13-11-20/h5-9,14-17,20H,10-13,30H2,1-4H3,(H,32,33,34). The number of hydrogen-bond donors (Lipinski definition) is 2.